The summed E-state index contributed by atoms with van der Waals surface area (Å²) < 4.78 is 21.6. The van der Waals surface area contributed by atoms with Crippen LogP contribution in [0, 0.1) is 5.82 Å². The number of aromatic nitrogens is 2. The first-order chi connectivity index (χ1) is 13.0. The van der Waals surface area contributed by atoms with E-state index in [0.29, 0.717) is 11.4 Å². The van der Waals surface area contributed by atoms with Gasteiger partial charge < -0.3 is 14.3 Å². The molecular weight excluding hydrogens is 413 g/mol. The molecule has 0 radical (unpaired) electrons. The van der Waals surface area contributed by atoms with E-state index in [9.17, 15) is 9.18 Å². The SMILES string of the molecule is Cn1ccnc1C(NC(=O)c1cc2cccc(Br)c2o1)c1ccc(F)cc1. The van der Waals surface area contributed by atoms with Gasteiger partial charge in [0.2, 0.25) is 0 Å². The minimum absolute atomic E-state index is 0.193. The molecule has 1 N–H and O–H groups in total. The van der Waals surface area contributed by atoms with Crippen LogP contribution < -0.4 is 5.32 Å². The summed E-state index contributed by atoms with van der Waals surface area (Å²) in [7, 11) is 1.84. The molecule has 0 bridgehead atoms. The van der Waals surface area contributed by atoms with E-state index in [1.807, 2.05) is 29.8 Å². The Labute approximate surface area is 162 Å². The van der Waals surface area contributed by atoms with E-state index in [1.54, 1.807) is 30.6 Å². The van der Waals surface area contributed by atoms with Crippen molar-refractivity contribution in [2.24, 2.45) is 7.05 Å². The molecule has 0 fully saturated rings. The summed E-state index contributed by atoms with van der Waals surface area (Å²) in [6.45, 7) is 0. The summed E-state index contributed by atoms with van der Waals surface area (Å²) in [5.41, 5.74) is 1.33. The van der Waals surface area contributed by atoms with E-state index >= 15 is 0 Å². The van der Waals surface area contributed by atoms with Gasteiger partial charge in [-0.05, 0) is 45.8 Å². The molecular formula is C20H15BrFN3O2. The van der Waals surface area contributed by atoms with Crippen LogP contribution in [-0.2, 0) is 7.05 Å². The van der Waals surface area contributed by atoms with Crippen LogP contribution in [0.4, 0.5) is 4.39 Å². The number of halogens is 2. The van der Waals surface area contributed by atoms with Crippen LogP contribution in [0.1, 0.15) is 28.0 Å². The third kappa shape index (κ3) is 3.38. The van der Waals surface area contributed by atoms with Gasteiger partial charge in [-0.25, -0.2) is 9.37 Å². The lowest BCUT2D eigenvalue weighted by atomic mass is 10.1. The van der Waals surface area contributed by atoms with Crippen molar-refractivity contribution in [1.29, 1.82) is 0 Å². The van der Waals surface area contributed by atoms with Gasteiger partial charge in [0.1, 0.15) is 23.3 Å². The van der Waals surface area contributed by atoms with Crippen LogP contribution in [0.3, 0.4) is 0 Å². The van der Waals surface area contributed by atoms with Gasteiger partial charge in [0.25, 0.3) is 5.91 Å². The van der Waals surface area contributed by atoms with Crippen molar-refractivity contribution in [3.05, 3.63) is 88.4 Å². The molecule has 2 aromatic carbocycles. The number of para-hydroxylation sites is 1. The number of aryl methyl sites for hydroxylation is 1. The molecule has 0 aliphatic carbocycles. The number of hydrogen-bond acceptors (Lipinski definition) is 3. The molecule has 1 amide bonds. The van der Waals surface area contributed by atoms with Crippen LogP contribution in [0.2, 0.25) is 0 Å². The van der Waals surface area contributed by atoms with E-state index in [0.717, 1.165) is 15.4 Å². The van der Waals surface area contributed by atoms with Crippen molar-refractivity contribution in [2.75, 3.05) is 0 Å². The number of rotatable bonds is 4. The van der Waals surface area contributed by atoms with Gasteiger partial charge in [0, 0.05) is 24.8 Å². The normalized spacial score (nSPS) is 12.3. The molecule has 2 aromatic heterocycles. The average Bonchev–Trinajstić information content (AvgIpc) is 3.28. The zero-order valence-electron chi connectivity index (χ0n) is 14.3. The number of amides is 1. The fraction of sp³-hybridized carbons (Fsp3) is 0.100. The van der Waals surface area contributed by atoms with Crippen LogP contribution in [0.25, 0.3) is 11.0 Å². The van der Waals surface area contributed by atoms with Crippen molar-refractivity contribution in [3.8, 4) is 0 Å². The Morgan fingerprint density at radius 3 is 2.70 bits per heavy atom. The molecule has 5 nitrogen and oxygen atoms in total. The zero-order chi connectivity index (χ0) is 19.0. The predicted molar refractivity (Wildman–Crippen MR) is 103 cm³/mol. The second kappa shape index (κ2) is 7.00. The molecule has 27 heavy (non-hydrogen) atoms. The van der Waals surface area contributed by atoms with E-state index in [2.05, 4.69) is 26.2 Å². The molecule has 0 saturated heterocycles. The highest BCUT2D eigenvalue weighted by molar-refractivity contribution is 9.10. The Balaban J connectivity index is 1.70. The number of fused-ring (bicyclic) bond motifs is 1. The van der Waals surface area contributed by atoms with Crippen molar-refractivity contribution in [1.82, 2.24) is 14.9 Å². The minimum atomic E-state index is -0.547. The van der Waals surface area contributed by atoms with E-state index in [4.69, 9.17) is 4.42 Å². The number of furan rings is 1. The quantitative estimate of drug-likeness (QED) is 0.518. The predicted octanol–water partition coefficient (Wildman–Crippen LogP) is 4.59. The Morgan fingerprint density at radius 1 is 1.26 bits per heavy atom. The first-order valence-electron chi connectivity index (χ1n) is 8.24. The summed E-state index contributed by atoms with van der Waals surface area (Å²) in [6.07, 6.45) is 3.44. The number of hydrogen-bond donors (Lipinski definition) is 1. The molecule has 0 aliphatic heterocycles. The largest absolute Gasteiger partial charge is 0.450 e. The summed E-state index contributed by atoms with van der Waals surface area (Å²) in [5.74, 6) is 0.103. The Kier molecular flexibility index (Phi) is 4.53. The maximum atomic E-state index is 13.3. The second-order valence-corrected chi connectivity index (χ2v) is 6.98. The Hall–Kier alpha value is -2.93. The van der Waals surface area contributed by atoms with E-state index in [-0.39, 0.29) is 17.5 Å². The Morgan fingerprint density at radius 2 is 2.04 bits per heavy atom. The van der Waals surface area contributed by atoms with Gasteiger partial charge in [-0.1, -0.05) is 24.3 Å². The standard InChI is InChI=1S/C20H15BrFN3O2/c1-25-10-9-23-19(25)17(12-5-7-14(22)8-6-12)24-20(26)16-11-13-3-2-4-15(21)18(13)27-16/h2-11,17H,1H3,(H,24,26). The molecule has 0 spiro atoms. The lowest BCUT2D eigenvalue weighted by Gasteiger charge is -2.18. The summed E-state index contributed by atoms with van der Waals surface area (Å²) in [6, 6.07) is 12.7. The van der Waals surface area contributed by atoms with Crippen molar-refractivity contribution < 1.29 is 13.6 Å². The van der Waals surface area contributed by atoms with Gasteiger partial charge >= 0.3 is 0 Å². The molecule has 0 aliphatic rings. The fourth-order valence-electron chi connectivity index (χ4n) is 2.95. The van der Waals surface area contributed by atoms with Crippen LogP contribution in [0.5, 0.6) is 0 Å². The lowest BCUT2D eigenvalue weighted by Crippen LogP contribution is -2.30. The number of benzene rings is 2. The van der Waals surface area contributed by atoms with Gasteiger partial charge in [0.15, 0.2) is 5.76 Å². The monoisotopic (exact) mass is 427 g/mol. The Bertz CT molecular complexity index is 1120. The third-order valence-electron chi connectivity index (χ3n) is 4.32. The van der Waals surface area contributed by atoms with Gasteiger partial charge in [-0.3, -0.25) is 4.79 Å². The topological polar surface area (TPSA) is 60.1 Å². The summed E-state index contributed by atoms with van der Waals surface area (Å²) in [5, 5.41) is 3.76. The van der Waals surface area contributed by atoms with Gasteiger partial charge in [0.05, 0.1) is 4.47 Å². The number of carbonyl (C=O) groups excluding carboxylic acids is 1. The zero-order valence-corrected chi connectivity index (χ0v) is 15.9. The second-order valence-electron chi connectivity index (χ2n) is 6.12. The van der Waals surface area contributed by atoms with Crippen molar-refractivity contribution in [2.45, 2.75) is 6.04 Å². The molecule has 4 rings (SSSR count). The highest BCUT2D eigenvalue weighted by atomic mass is 79.9. The molecule has 1 atom stereocenters. The van der Waals surface area contributed by atoms with E-state index in [1.165, 1.54) is 12.1 Å². The highest BCUT2D eigenvalue weighted by Crippen LogP contribution is 2.28. The molecule has 136 valence electrons. The number of imidazole rings is 1. The van der Waals surface area contributed by atoms with Crippen molar-refractivity contribution in [3.63, 3.8) is 0 Å². The highest BCUT2D eigenvalue weighted by Gasteiger charge is 2.23. The first kappa shape index (κ1) is 17.5. The number of nitrogens with one attached hydrogen (secondary N) is 1. The fourth-order valence-corrected chi connectivity index (χ4v) is 3.41. The van der Waals surface area contributed by atoms with Crippen molar-refractivity contribution >= 4 is 32.8 Å². The smallest absolute Gasteiger partial charge is 0.287 e. The number of nitrogens with zero attached hydrogens (tertiary/aromatic N) is 2. The molecule has 0 saturated carbocycles. The first-order valence-corrected chi connectivity index (χ1v) is 9.04. The van der Waals surface area contributed by atoms with Gasteiger partial charge in [-0.2, -0.15) is 0 Å². The molecule has 4 aromatic rings. The average molecular weight is 428 g/mol. The van der Waals surface area contributed by atoms with Gasteiger partial charge in [-0.15, -0.1) is 0 Å². The molecule has 2 heterocycles. The maximum Gasteiger partial charge on any atom is 0.287 e. The van der Waals surface area contributed by atoms with Crippen LogP contribution >= 0.6 is 15.9 Å². The third-order valence-corrected chi connectivity index (χ3v) is 4.94. The maximum absolute atomic E-state index is 13.3. The minimum Gasteiger partial charge on any atom is -0.450 e. The molecule has 7 heteroatoms. The van der Waals surface area contributed by atoms with Crippen LogP contribution in [-0.4, -0.2) is 15.5 Å². The van der Waals surface area contributed by atoms with Crippen LogP contribution in [0.15, 0.2) is 69.8 Å². The summed E-state index contributed by atoms with van der Waals surface area (Å²) in [4.78, 5) is 17.2. The summed E-state index contributed by atoms with van der Waals surface area (Å²) >= 11 is 3.42. The number of carbonyl (C=O) groups is 1. The molecule has 1 unspecified atom stereocenters. The van der Waals surface area contributed by atoms with E-state index < -0.39 is 6.04 Å². The lowest BCUT2D eigenvalue weighted by molar-refractivity contribution is 0.0915.